The van der Waals surface area contributed by atoms with E-state index in [1.165, 1.54) is 10.5 Å². The van der Waals surface area contributed by atoms with E-state index in [0.717, 1.165) is 32.2 Å². The molecule has 2 fully saturated rings. The molecule has 29 heavy (non-hydrogen) atoms. The van der Waals surface area contributed by atoms with Crippen molar-refractivity contribution in [2.24, 2.45) is 0 Å². The number of nitrogens with zero attached hydrogens (tertiary/aromatic N) is 3. The standard InChI is InChI=1S/C21H26N4O3S/c1-2-25(17-7-4-3-5-8-17)29(27,28)18-12-13-20(22-15-18)24-14-6-9-19(24)21(26)23-16-10-11-16/h3-5,7-8,12-13,15-16,19H,2,6,9-11,14H2,1H3,(H,23,26). The Bertz CT molecular complexity index is 959. The second kappa shape index (κ2) is 8.02. The molecule has 2 aromatic rings. The maximum absolute atomic E-state index is 13.1. The Hall–Kier alpha value is -2.61. The van der Waals surface area contributed by atoms with Crippen LogP contribution in [0.4, 0.5) is 11.5 Å². The van der Waals surface area contributed by atoms with Gasteiger partial charge in [0.15, 0.2) is 0 Å². The number of sulfonamides is 1. The summed E-state index contributed by atoms with van der Waals surface area (Å²) in [5.74, 6) is 0.685. The average molecular weight is 415 g/mol. The molecule has 154 valence electrons. The number of hydrogen-bond donors (Lipinski definition) is 1. The van der Waals surface area contributed by atoms with Crippen LogP contribution < -0.4 is 14.5 Å². The Morgan fingerprint density at radius 1 is 1.17 bits per heavy atom. The molecule has 0 radical (unpaired) electrons. The molecule has 1 aliphatic heterocycles. The summed E-state index contributed by atoms with van der Waals surface area (Å²) < 4.78 is 27.6. The van der Waals surface area contributed by atoms with E-state index >= 15 is 0 Å². The molecule has 1 aromatic carbocycles. The fourth-order valence-corrected chi connectivity index (χ4v) is 5.17. The van der Waals surface area contributed by atoms with Gasteiger partial charge in [-0.3, -0.25) is 9.10 Å². The smallest absolute Gasteiger partial charge is 0.265 e. The highest BCUT2D eigenvalue weighted by Gasteiger charge is 2.35. The molecular formula is C21H26N4O3S. The van der Waals surface area contributed by atoms with Crippen molar-refractivity contribution in [3.63, 3.8) is 0 Å². The first-order valence-corrected chi connectivity index (χ1v) is 11.6. The first-order valence-electron chi connectivity index (χ1n) is 10.1. The van der Waals surface area contributed by atoms with Crippen LogP contribution in [-0.2, 0) is 14.8 Å². The van der Waals surface area contributed by atoms with Gasteiger partial charge in [0.25, 0.3) is 10.0 Å². The van der Waals surface area contributed by atoms with Crippen LogP contribution in [0.15, 0.2) is 53.6 Å². The molecule has 1 saturated carbocycles. The molecule has 1 saturated heterocycles. The van der Waals surface area contributed by atoms with Gasteiger partial charge in [-0.2, -0.15) is 0 Å². The highest BCUT2D eigenvalue weighted by Crippen LogP contribution is 2.28. The summed E-state index contributed by atoms with van der Waals surface area (Å²) in [5.41, 5.74) is 0.621. The summed E-state index contributed by atoms with van der Waals surface area (Å²) in [4.78, 5) is 19.0. The van der Waals surface area contributed by atoms with E-state index in [0.29, 0.717) is 24.1 Å². The van der Waals surface area contributed by atoms with Crippen LogP contribution >= 0.6 is 0 Å². The number of pyridine rings is 1. The van der Waals surface area contributed by atoms with Gasteiger partial charge in [0, 0.05) is 25.3 Å². The molecule has 1 amide bonds. The number of rotatable bonds is 7. The number of carbonyl (C=O) groups excluding carboxylic acids is 1. The number of carbonyl (C=O) groups is 1. The number of amides is 1. The summed E-state index contributed by atoms with van der Waals surface area (Å²) in [7, 11) is -3.71. The van der Waals surface area contributed by atoms with Gasteiger partial charge < -0.3 is 10.2 Å². The van der Waals surface area contributed by atoms with E-state index in [1.54, 1.807) is 31.2 Å². The first kappa shape index (κ1) is 19.7. The first-order chi connectivity index (χ1) is 14.0. The molecule has 2 heterocycles. The SMILES string of the molecule is CCN(c1ccccc1)S(=O)(=O)c1ccc(N2CCCC2C(=O)NC2CC2)nc1. The minimum absolute atomic E-state index is 0.0460. The third-order valence-corrected chi connectivity index (χ3v) is 7.30. The van der Waals surface area contributed by atoms with Crippen molar-refractivity contribution in [2.75, 3.05) is 22.3 Å². The molecule has 2 aliphatic rings. The molecule has 8 heteroatoms. The molecule has 4 rings (SSSR count). The van der Waals surface area contributed by atoms with Crippen molar-refractivity contribution in [3.8, 4) is 0 Å². The molecule has 1 N–H and O–H groups in total. The normalized spacial score (nSPS) is 19.2. The largest absolute Gasteiger partial charge is 0.352 e. The van der Waals surface area contributed by atoms with Gasteiger partial charge in [0.1, 0.15) is 16.8 Å². The van der Waals surface area contributed by atoms with Gasteiger partial charge in [-0.1, -0.05) is 18.2 Å². The van der Waals surface area contributed by atoms with Crippen molar-refractivity contribution in [1.82, 2.24) is 10.3 Å². The molecule has 0 spiro atoms. The maximum Gasteiger partial charge on any atom is 0.265 e. The predicted octanol–water partition coefficient (Wildman–Crippen LogP) is 2.54. The van der Waals surface area contributed by atoms with Gasteiger partial charge >= 0.3 is 0 Å². The quantitative estimate of drug-likeness (QED) is 0.753. The fraction of sp³-hybridized carbons (Fsp3) is 0.429. The van der Waals surface area contributed by atoms with Crippen molar-refractivity contribution in [3.05, 3.63) is 48.7 Å². The van der Waals surface area contributed by atoms with Crippen LogP contribution in [0.3, 0.4) is 0 Å². The monoisotopic (exact) mass is 414 g/mol. The summed E-state index contributed by atoms with van der Waals surface area (Å²) in [6.45, 7) is 2.87. The fourth-order valence-electron chi connectivity index (χ4n) is 3.75. The van der Waals surface area contributed by atoms with E-state index in [1.807, 2.05) is 23.1 Å². The zero-order chi connectivity index (χ0) is 20.4. The van der Waals surface area contributed by atoms with Crippen LogP contribution in [0.5, 0.6) is 0 Å². The van der Waals surface area contributed by atoms with Gasteiger partial charge in [-0.15, -0.1) is 0 Å². The Kier molecular flexibility index (Phi) is 5.45. The van der Waals surface area contributed by atoms with Gasteiger partial charge in [-0.25, -0.2) is 13.4 Å². The average Bonchev–Trinajstić information content (AvgIpc) is 3.40. The van der Waals surface area contributed by atoms with E-state index in [4.69, 9.17) is 0 Å². The number of anilines is 2. The number of para-hydroxylation sites is 1. The van der Waals surface area contributed by atoms with E-state index in [2.05, 4.69) is 10.3 Å². The van der Waals surface area contributed by atoms with E-state index in [9.17, 15) is 13.2 Å². The Labute approximate surface area is 171 Å². The van der Waals surface area contributed by atoms with Crippen LogP contribution in [0.2, 0.25) is 0 Å². The van der Waals surface area contributed by atoms with Crippen molar-refractivity contribution in [1.29, 1.82) is 0 Å². The van der Waals surface area contributed by atoms with Crippen molar-refractivity contribution >= 4 is 27.4 Å². The number of aromatic nitrogens is 1. The topological polar surface area (TPSA) is 82.6 Å². The Morgan fingerprint density at radius 3 is 2.55 bits per heavy atom. The lowest BCUT2D eigenvalue weighted by Gasteiger charge is -2.26. The number of benzene rings is 1. The molecule has 1 atom stereocenters. The van der Waals surface area contributed by atoms with Crippen LogP contribution in [0.1, 0.15) is 32.6 Å². The van der Waals surface area contributed by atoms with E-state index < -0.39 is 10.0 Å². The minimum atomic E-state index is -3.71. The summed E-state index contributed by atoms with van der Waals surface area (Å²) in [6.07, 6.45) is 5.21. The van der Waals surface area contributed by atoms with Gasteiger partial charge in [0.2, 0.25) is 5.91 Å². The van der Waals surface area contributed by atoms with E-state index in [-0.39, 0.29) is 16.8 Å². The van der Waals surface area contributed by atoms with Crippen LogP contribution in [0.25, 0.3) is 0 Å². The van der Waals surface area contributed by atoms with Gasteiger partial charge in [0.05, 0.1) is 5.69 Å². The molecule has 0 bridgehead atoms. The van der Waals surface area contributed by atoms with Crippen LogP contribution in [-0.4, -0.2) is 44.5 Å². The third kappa shape index (κ3) is 4.07. The van der Waals surface area contributed by atoms with Gasteiger partial charge in [-0.05, 0) is 56.9 Å². The lowest BCUT2D eigenvalue weighted by atomic mass is 10.2. The zero-order valence-electron chi connectivity index (χ0n) is 16.5. The highest BCUT2D eigenvalue weighted by molar-refractivity contribution is 7.92. The zero-order valence-corrected chi connectivity index (χ0v) is 17.3. The maximum atomic E-state index is 13.1. The summed E-state index contributed by atoms with van der Waals surface area (Å²) in [6, 6.07) is 12.4. The predicted molar refractivity (Wildman–Crippen MR) is 112 cm³/mol. The molecule has 1 unspecified atom stereocenters. The Morgan fingerprint density at radius 2 is 1.93 bits per heavy atom. The third-order valence-electron chi connectivity index (χ3n) is 5.41. The summed E-state index contributed by atoms with van der Waals surface area (Å²) in [5, 5.41) is 3.06. The van der Waals surface area contributed by atoms with Crippen molar-refractivity contribution in [2.45, 2.75) is 49.6 Å². The number of nitrogens with one attached hydrogen (secondary N) is 1. The van der Waals surface area contributed by atoms with Crippen LogP contribution in [0, 0.1) is 0 Å². The molecule has 1 aromatic heterocycles. The highest BCUT2D eigenvalue weighted by atomic mass is 32.2. The number of hydrogen-bond acceptors (Lipinski definition) is 5. The summed E-state index contributed by atoms with van der Waals surface area (Å²) >= 11 is 0. The molecular weight excluding hydrogens is 388 g/mol. The molecule has 1 aliphatic carbocycles. The lowest BCUT2D eigenvalue weighted by molar-refractivity contribution is -0.122. The lowest BCUT2D eigenvalue weighted by Crippen LogP contribution is -2.44. The van der Waals surface area contributed by atoms with Crippen molar-refractivity contribution < 1.29 is 13.2 Å². The molecule has 7 nitrogen and oxygen atoms in total. The second-order valence-corrected chi connectivity index (χ2v) is 9.35. The Balaban J connectivity index is 1.54. The minimum Gasteiger partial charge on any atom is -0.352 e. The second-order valence-electron chi connectivity index (χ2n) is 7.49.